The molecule has 0 fully saturated rings. The number of hydrogen-bond donors (Lipinski definition) is 2. The first kappa shape index (κ1) is 21.8. The van der Waals surface area contributed by atoms with E-state index in [1.807, 2.05) is 24.3 Å². The smallest absolute Gasteiger partial charge is 0.253 e. The highest BCUT2D eigenvalue weighted by molar-refractivity contribution is 5.93. The van der Waals surface area contributed by atoms with Gasteiger partial charge in [0.05, 0.1) is 0 Å². The molecular formula is C24H33N5O. The molecular weight excluding hydrogens is 374 g/mol. The molecule has 0 unspecified atom stereocenters. The van der Waals surface area contributed by atoms with Crippen molar-refractivity contribution in [1.82, 2.24) is 20.4 Å². The molecule has 30 heavy (non-hydrogen) atoms. The van der Waals surface area contributed by atoms with Gasteiger partial charge in [0.15, 0.2) is 5.96 Å². The summed E-state index contributed by atoms with van der Waals surface area (Å²) in [5.74, 6) is 0.816. The van der Waals surface area contributed by atoms with Gasteiger partial charge < -0.3 is 15.5 Å². The monoisotopic (exact) mass is 407 g/mol. The van der Waals surface area contributed by atoms with Crippen LogP contribution in [0.15, 0.2) is 53.5 Å². The summed E-state index contributed by atoms with van der Waals surface area (Å²) in [7, 11) is 5.31. The van der Waals surface area contributed by atoms with E-state index in [4.69, 9.17) is 0 Å². The first-order chi connectivity index (χ1) is 14.6. The zero-order chi connectivity index (χ0) is 21.3. The maximum atomic E-state index is 12.0. The van der Waals surface area contributed by atoms with Gasteiger partial charge in [0.2, 0.25) is 0 Å². The van der Waals surface area contributed by atoms with E-state index in [0.717, 1.165) is 50.5 Å². The van der Waals surface area contributed by atoms with Crippen LogP contribution in [-0.2, 0) is 19.5 Å². The molecule has 0 atom stereocenters. The highest BCUT2D eigenvalue weighted by Crippen LogP contribution is 2.18. The largest absolute Gasteiger partial charge is 0.356 e. The summed E-state index contributed by atoms with van der Waals surface area (Å²) in [6.07, 6.45) is 2.22. The van der Waals surface area contributed by atoms with Gasteiger partial charge >= 0.3 is 0 Å². The van der Waals surface area contributed by atoms with E-state index in [1.54, 1.807) is 26.0 Å². The zero-order valence-electron chi connectivity index (χ0n) is 18.3. The molecule has 1 amide bonds. The Bertz CT molecular complexity index is 860. The van der Waals surface area contributed by atoms with Crippen molar-refractivity contribution in [2.75, 3.05) is 40.8 Å². The Morgan fingerprint density at radius 2 is 1.80 bits per heavy atom. The summed E-state index contributed by atoms with van der Waals surface area (Å²) in [6.45, 7) is 4.82. The summed E-state index contributed by atoms with van der Waals surface area (Å²) in [5, 5.41) is 6.73. The van der Waals surface area contributed by atoms with E-state index < -0.39 is 0 Å². The van der Waals surface area contributed by atoms with Gasteiger partial charge in [-0.15, -0.1) is 0 Å². The molecule has 0 aliphatic carbocycles. The van der Waals surface area contributed by atoms with Crippen LogP contribution in [-0.4, -0.2) is 62.4 Å². The second-order valence-electron chi connectivity index (χ2n) is 7.90. The topological polar surface area (TPSA) is 60.0 Å². The average Bonchev–Trinajstić information content (AvgIpc) is 2.78. The minimum atomic E-state index is 0.0178. The summed E-state index contributed by atoms with van der Waals surface area (Å²) in [6, 6.07) is 16.4. The third-order valence-corrected chi connectivity index (χ3v) is 5.44. The van der Waals surface area contributed by atoms with E-state index in [0.29, 0.717) is 12.1 Å². The number of amides is 1. The molecule has 0 aromatic heterocycles. The van der Waals surface area contributed by atoms with Crippen molar-refractivity contribution in [1.29, 1.82) is 0 Å². The maximum Gasteiger partial charge on any atom is 0.253 e. The van der Waals surface area contributed by atoms with E-state index in [2.05, 4.69) is 44.8 Å². The van der Waals surface area contributed by atoms with Gasteiger partial charge in [-0.2, -0.15) is 0 Å². The first-order valence-electron chi connectivity index (χ1n) is 10.6. The summed E-state index contributed by atoms with van der Waals surface area (Å²) in [5.41, 5.74) is 4.77. The second-order valence-corrected chi connectivity index (χ2v) is 7.90. The zero-order valence-corrected chi connectivity index (χ0v) is 18.3. The van der Waals surface area contributed by atoms with Crippen molar-refractivity contribution < 1.29 is 4.79 Å². The van der Waals surface area contributed by atoms with Crippen LogP contribution in [0.3, 0.4) is 0 Å². The molecule has 0 radical (unpaired) electrons. The lowest BCUT2D eigenvalue weighted by atomic mass is 10.00. The Balaban J connectivity index is 1.37. The number of nitrogens with one attached hydrogen (secondary N) is 2. The van der Waals surface area contributed by atoms with Gasteiger partial charge in [0.25, 0.3) is 5.91 Å². The quantitative estimate of drug-likeness (QED) is 0.421. The summed E-state index contributed by atoms with van der Waals surface area (Å²) < 4.78 is 0. The number of hydrogen-bond acceptors (Lipinski definition) is 3. The Labute approximate surface area is 180 Å². The molecule has 160 valence electrons. The predicted molar refractivity (Wildman–Crippen MR) is 123 cm³/mol. The lowest BCUT2D eigenvalue weighted by Crippen LogP contribution is -2.39. The molecule has 1 heterocycles. The van der Waals surface area contributed by atoms with Gasteiger partial charge in [-0.05, 0) is 41.7 Å². The highest BCUT2D eigenvalue weighted by Gasteiger charge is 2.14. The molecule has 0 spiro atoms. The number of nitrogens with zero attached hydrogens (tertiary/aromatic N) is 3. The highest BCUT2D eigenvalue weighted by atomic mass is 16.2. The molecule has 1 aliphatic rings. The van der Waals surface area contributed by atoms with Crippen LogP contribution < -0.4 is 10.6 Å². The third kappa shape index (κ3) is 6.07. The fraction of sp³-hybridized carbons (Fsp3) is 0.417. The molecule has 0 bridgehead atoms. The molecule has 3 rings (SSSR count). The number of aliphatic imine (C=N–C) groups is 1. The number of fused-ring (bicyclic) bond motifs is 1. The Morgan fingerprint density at radius 3 is 2.50 bits per heavy atom. The lowest BCUT2D eigenvalue weighted by molar-refractivity contribution is 0.0827. The van der Waals surface area contributed by atoms with Crippen molar-refractivity contribution in [2.24, 2.45) is 4.99 Å². The van der Waals surface area contributed by atoms with E-state index in [-0.39, 0.29) is 5.91 Å². The fourth-order valence-corrected chi connectivity index (χ4v) is 3.68. The number of rotatable bonds is 7. The Kier molecular flexibility index (Phi) is 7.85. The van der Waals surface area contributed by atoms with Crippen LogP contribution in [0, 0.1) is 0 Å². The van der Waals surface area contributed by atoms with Crippen molar-refractivity contribution in [3.8, 4) is 0 Å². The normalized spacial score (nSPS) is 14.2. The molecule has 2 N–H and O–H groups in total. The predicted octanol–water partition coefficient (Wildman–Crippen LogP) is 2.50. The van der Waals surface area contributed by atoms with Crippen LogP contribution in [0.5, 0.6) is 0 Å². The Morgan fingerprint density at radius 1 is 1.07 bits per heavy atom. The summed E-state index contributed by atoms with van der Waals surface area (Å²) in [4.78, 5) is 20.4. The standard InChI is InChI=1S/C24H33N5O/c1-25-24(27-17-19-9-11-21(12-10-19)23(30)28(2)3)26-14-6-15-29-16-13-20-7-4-5-8-22(20)18-29/h4-5,7-12H,6,13-18H2,1-3H3,(H2,25,26,27). The summed E-state index contributed by atoms with van der Waals surface area (Å²) >= 11 is 0. The van der Waals surface area contributed by atoms with Crippen LogP contribution in [0.25, 0.3) is 0 Å². The van der Waals surface area contributed by atoms with Crippen molar-refractivity contribution in [3.05, 3.63) is 70.8 Å². The lowest BCUT2D eigenvalue weighted by Gasteiger charge is -2.28. The molecule has 0 saturated carbocycles. The second kappa shape index (κ2) is 10.8. The van der Waals surface area contributed by atoms with Gasteiger partial charge in [-0.3, -0.25) is 14.7 Å². The molecule has 0 saturated heterocycles. The molecule has 6 heteroatoms. The van der Waals surface area contributed by atoms with Crippen LogP contribution in [0.4, 0.5) is 0 Å². The molecule has 1 aliphatic heterocycles. The van der Waals surface area contributed by atoms with E-state index in [9.17, 15) is 4.79 Å². The SMILES string of the molecule is CN=C(NCCCN1CCc2ccccc2C1)NCc1ccc(C(=O)N(C)C)cc1. The molecule has 2 aromatic carbocycles. The fourth-order valence-electron chi connectivity index (χ4n) is 3.68. The minimum Gasteiger partial charge on any atom is -0.356 e. The van der Waals surface area contributed by atoms with Crippen molar-refractivity contribution in [3.63, 3.8) is 0 Å². The number of carbonyl (C=O) groups excluding carboxylic acids is 1. The van der Waals surface area contributed by atoms with Gasteiger partial charge in [-0.1, -0.05) is 36.4 Å². The average molecular weight is 408 g/mol. The van der Waals surface area contributed by atoms with Crippen molar-refractivity contribution >= 4 is 11.9 Å². The maximum absolute atomic E-state index is 12.0. The van der Waals surface area contributed by atoms with Crippen LogP contribution in [0.2, 0.25) is 0 Å². The number of carbonyl (C=O) groups is 1. The molecule has 6 nitrogen and oxygen atoms in total. The number of benzene rings is 2. The first-order valence-corrected chi connectivity index (χ1v) is 10.6. The van der Waals surface area contributed by atoms with Crippen LogP contribution >= 0.6 is 0 Å². The van der Waals surface area contributed by atoms with Gasteiger partial charge in [-0.25, -0.2) is 0 Å². The third-order valence-electron chi connectivity index (χ3n) is 5.44. The van der Waals surface area contributed by atoms with Crippen LogP contribution in [0.1, 0.15) is 33.5 Å². The van der Waals surface area contributed by atoms with Gasteiger partial charge in [0.1, 0.15) is 0 Å². The van der Waals surface area contributed by atoms with Crippen molar-refractivity contribution in [2.45, 2.75) is 25.9 Å². The van der Waals surface area contributed by atoms with E-state index in [1.165, 1.54) is 11.1 Å². The Hall–Kier alpha value is -2.86. The van der Waals surface area contributed by atoms with E-state index >= 15 is 0 Å². The number of guanidine groups is 1. The van der Waals surface area contributed by atoms with Gasteiger partial charge in [0, 0.05) is 59.4 Å². The molecule has 2 aromatic rings. The minimum absolute atomic E-state index is 0.0178.